The van der Waals surface area contributed by atoms with E-state index in [0.717, 1.165) is 24.0 Å². The van der Waals surface area contributed by atoms with Gasteiger partial charge in [-0.2, -0.15) is 0 Å². The molecule has 0 radical (unpaired) electrons. The van der Waals surface area contributed by atoms with Gasteiger partial charge in [0.15, 0.2) is 0 Å². The van der Waals surface area contributed by atoms with Gasteiger partial charge in [0.2, 0.25) is 5.91 Å². The summed E-state index contributed by atoms with van der Waals surface area (Å²) < 4.78 is 34.8. The Balaban J connectivity index is 1.51. The van der Waals surface area contributed by atoms with E-state index in [4.69, 9.17) is 4.74 Å². The van der Waals surface area contributed by atoms with E-state index in [1.54, 1.807) is 25.3 Å². The highest BCUT2D eigenvalue weighted by atomic mass is 32.2. The van der Waals surface area contributed by atoms with Crippen molar-refractivity contribution >= 4 is 32.4 Å². The first-order valence-corrected chi connectivity index (χ1v) is 12.6. The van der Waals surface area contributed by atoms with Crippen LogP contribution in [0, 0.1) is 0 Å². The summed E-state index contributed by atoms with van der Waals surface area (Å²) in [5.74, 6) is 0.527. The zero-order valence-electron chi connectivity index (χ0n) is 18.5. The molecule has 0 aromatic heterocycles. The average Bonchev–Trinajstić information content (AvgIpc) is 3.23. The number of hydrogen-bond donors (Lipinski definition) is 1. The third-order valence-electron chi connectivity index (χ3n) is 6.55. The van der Waals surface area contributed by atoms with E-state index < -0.39 is 10.0 Å². The van der Waals surface area contributed by atoms with E-state index in [9.17, 15) is 13.2 Å². The maximum absolute atomic E-state index is 13.9. The lowest BCUT2D eigenvalue weighted by atomic mass is 9.97. The molecule has 1 N–H and O–H groups in total. The van der Waals surface area contributed by atoms with E-state index >= 15 is 0 Å². The maximum atomic E-state index is 13.9. The Morgan fingerprint density at radius 1 is 1.00 bits per heavy atom. The molecule has 1 amide bonds. The van der Waals surface area contributed by atoms with Crippen molar-refractivity contribution in [2.24, 2.45) is 0 Å². The van der Waals surface area contributed by atoms with Crippen molar-refractivity contribution in [3.8, 4) is 5.75 Å². The molecular weight excluding hydrogens is 438 g/mol. The number of carbonyl (C=O) groups excluding carboxylic acids is 1. The van der Waals surface area contributed by atoms with Crippen molar-refractivity contribution < 1.29 is 17.9 Å². The molecule has 2 aliphatic rings. The minimum atomic E-state index is -3.85. The van der Waals surface area contributed by atoms with Crippen molar-refractivity contribution in [1.82, 2.24) is 10.2 Å². The van der Waals surface area contributed by atoms with E-state index in [2.05, 4.69) is 5.32 Å². The molecule has 7 nitrogen and oxygen atoms in total. The minimum absolute atomic E-state index is 0.0745. The van der Waals surface area contributed by atoms with Gasteiger partial charge >= 0.3 is 0 Å². The quantitative estimate of drug-likeness (QED) is 0.627. The molecule has 3 aromatic carbocycles. The maximum Gasteiger partial charge on any atom is 0.264 e. The fourth-order valence-corrected chi connectivity index (χ4v) is 6.61. The molecule has 1 fully saturated rings. The molecule has 0 spiro atoms. The van der Waals surface area contributed by atoms with Gasteiger partial charge in [-0.05, 0) is 23.8 Å². The van der Waals surface area contributed by atoms with Gasteiger partial charge in [-0.3, -0.25) is 9.10 Å². The first kappa shape index (κ1) is 21.7. The number of benzene rings is 3. The molecule has 0 aliphatic carbocycles. The molecule has 172 valence electrons. The van der Waals surface area contributed by atoms with Crippen LogP contribution in [0.3, 0.4) is 0 Å². The fraction of sp³-hybridized carbons (Fsp3) is 0.320. The summed E-state index contributed by atoms with van der Waals surface area (Å²) in [7, 11) is -2.28. The molecule has 3 aromatic rings. The summed E-state index contributed by atoms with van der Waals surface area (Å²) >= 11 is 0. The molecule has 1 saturated heterocycles. The monoisotopic (exact) mass is 465 g/mol. The number of piperazine rings is 1. The van der Waals surface area contributed by atoms with Crippen molar-refractivity contribution in [2.75, 3.05) is 44.1 Å². The smallest absolute Gasteiger partial charge is 0.264 e. The lowest BCUT2D eigenvalue weighted by Gasteiger charge is -2.28. The van der Waals surface area contributed by atoms with Crippen LogP contribution in [-0.2, 0) is 14.8 Å². The number of fused-ring (bicyclic) bond motifs is 2. The number of rotatable bonds is 5. The Hall–Kier alpha value is -3.10. The van der Waals surface area contributed by atoms with Crippen LogP contribution >= 0.6 is 0 Å². The lowest BCUT2D eigenvalue weighted by molar-refractivity contribution is -0.132. The number of nitrogens with zero attached hydrogens (tertiary/aromatic N) is 2. The van der Waals surface area contributed by atoms with Crippen LogP contribution in [0.4, 0.5) is 5.69 Å². The van der Waals surface area contributed by atoms with E-state index in [0.29, 0.717) is 36.3 Å². The van der Waals surface area contributed by atoms with Crippen LogP contribution in [-0.4, -0.2) is 59.1 Å². The van der Waals surface area contributed by atoms with Gasteiger partial charge in [0.1, 0.15) is 5.75 Å². The molecule has 1 unspecified atom stereocenters. The van der Waals surface area contributed by atoms with Gasteiger partial charge in [0.05, 0.1) is 17.7 Å². The normalized spacial score (nSPS) is 18.4. The highest BCUT2D eigenvalue weighted by Crippen LogP contribution is 2.42. The first-order chi connectivity index (χ1) is 16.0. The third kappa shape index (κ3) is 3.83. The number of amides is 1. The van der Waals surface area contributed by atoms with Crippen LogP contribution < -0.4 is 14.4 Å². The Kier molecular flexibility index (Phi) is 5.72. The summed E-state index contributed by atoms with van der Waals surface area (Å²) in [5, 5.41) is 4.63. The summed E-state index contributed by atoms with van der Waals surface area (Å²) in [5.41, 5.74) is 1.55. The molecule has 5 rings (SSSR count). The second-order valence-corrected chi connectivity index (χ2v) is 10.3. The number of nitrogens with one attached hydrogen (secondary N) is 1. The fourth-order valence-electron chi connectivity index (χ4n) is 4.88. The average molecular weight is 466 g/mol. The topological polar surface area (TPSA) is 79.0 Å². The van der Waals surface area contributed by atoms with Gasteiger partial charge in [-0.1, -0.05) is 42.5 Å². The van der Waals surface area contributed by atoms with Gasteiger partial charge in [0, 0.05) is 55.8 Å². The molecule has 2 aliphatic heterocycles. The van der Waals surface area contributed by atoms with Crippen LogP contribution in [0.25, 0.3) is 10.8 Å². The minimum Gasteiger partial charge on any atom is -0.496 e. The van der Waals surface area contributed by atoms with Crippen LogP contribution in [0.2, 0.25) is 0 Å². The van der Waals surface area contributed by atoms with E-state index in [-0.39, 0.29) is 23.3 Å². The van der Waals surface area contributed by atoms with Crippen molar-refractivity contribution in [1.29, 1.82) is 0 Å². The molecule has 2 heterocycles. The van der Waals surface area contributed by atoms with Gasteiger partial charge in [-0.15, -0.1) is 0 Å². The summed E-state index contributed by atoms with van der Waals surface area (Å²) in [6.07, 6.45) is 0.298. The second kappa shape index (κ2) is 8.68. The van der Waals surface area contributed by atoms with Crippen molar-refractivity contribution in [2.45, 2.75) is 17.2 Å². The molecular formula is C25H27N3O4S. The lowest BCUT2D eigenvalue weighted by Crippen LogP contribution is -2.46. The number of methoxy groups -OCH3 is 1. The summed E-state index contributed by atoms with van der Waals surface area (Å²) in [6, 6.07) is 18.2. The van der Waals surface area contributed by atoms with Crippen LogP contribution in [0.1, 0.15) is 17.9 Å². The van der Waals surface area contributed by atoms with E-state index in [1.807, 2.05) is 47.4 Å². The Morgan fingerprint density at radius 3 is 2.45 bits per heavy atom. The zero-order chi connectivity index (χ0) is 23.0. The number of sulfonamides is 1. The number of anilines is 1. The van der Waals surface area contributed by atoms with Crippen LogP contribution in [0.15, 0.2) is 65.6 Å². The highest BCUT2D eigenvalue weighted by molar-refractivity contribution is 7.93. The predicted molar refractivity (Wildman–Crippen MR) is 128 cm³/mol. The zero-order valence-corrected chi connectivity index (χ0v) is 19.3. The molecule has 0 saturated carbocycles. The van der Waals surface area contributed by atoms with Gasteiger partial charge in [-0.25, -0.2) is 8.42 Å². The SMILES string of the molecule is COc1ccc(S(=O)(=O)N2CC(CC(=O)N3CCNCC3)c3ccccc32)c2ccccc12. The highest BCUT2D eigenvalue weighted by Gasteiger charge is 2.38. The Bertz CT molecular complexity index is 1300. The van der Waals surface area contributed by atoms with Crippen LogP contribution in [0.5, 0.6) is 5.75 Å². The van der Waals surface area contributed by atoms with Gasteiger partial charge < -0.3 is 15.0 Å². The molecule has 8 heteroatoms. The number of carbonyl (C=O) groups is 1. The largest absolute Gasteiger partial charge is 0.496 e. The molecule has 33 heavy (non-hydrogen) atoms. The standard InChI is InChI=1S/C25H27N3O4S/c1-32-23-10-11-24(21-8-3-2-7-20(21)23)33(30,31)28-17-18(19-6-4-5-9-22(19)28)16-25(29)27-14-12-26-13-15-27/h2-11,18,26H,12-17H2,1H3. The first-order valence-electron chi connectivity index (χ1n) is 11.2. The van der Waals surface area contributed by atoms with E-state index in [1.165, 1.54) is 4.31 Å². The van der Waals surface area contributed by atoms with Gasteiger partial charge in [0.25, 0.3) is 10.0 Å². The Labute approximate surface area is 194 Å². The number of para-hydroxylation sites is 1. The number of ether oxygens (including phenoxy) is 1. The van der Waals surface area contributed by atoms with Crippen molar-refractivity contribution in [3.63, 3.8) is 0 Å². The molecule has 1 atom stereocenters. The summed E-state index contributed by atoms with van der Waals surface area (Å²) in [4.78, 5) is 15.1. The third-order valence-corrected chi connectivity index (χ3v) is 8.39. The molecule has 0 bridgehead atoms. The number of hydrogen-bond acceptors (Lipinski definition) is 5. The van der Waals surface area contributed by atoms with Crippen molar-refractivity contribution in [3.05, 3.63) is 66.2 Å². The predicted octanol–water partition coefficient (Wildman–Crippen LogP) is 2.96. The Morgan fingerprint density at radius 2 is 1.70 bits per heavy atom. The second-order valence-electron chi connectivity index (χ2n) is 8.44. The summed E-state index contributed by atoms with van der Waals surface area (Å²) in [6.45, 7) is 3.20.